The number of nitrogens with one attached hydrogen (secondary N) is 1. The Hall–Kier alpha value is -3.29. The van der Waals surface area contributed by atoms with E-state index in [0.29, 0.717) is 22.6 Å². The van der Waals surface area contributed by atoms with Crippen LogP contribution in [0.15, 0.2) is 53.5 Å². The molecule has 0 spiro atoms. The third-order valence-electron chi connectivity index (χ3n) is 4.14. The summed E-state index contributed by atoms with van der Waals surface area (Å²) in [6.45, 7) is 1.84. The topological polar surface area (TPSA) is 119 Å². The molecule has 2 aromatic carbocycles. The van der Waals surface area contributed by atoms with Gasteiger partial charge in [0.1, 0.15) is 15.6 Å². The molecule has 30 heavy (non-hydrogen) atoms. The van der Waals surface area contributed by atoms with Crippen LogP contribution in [0.2, 0.25) is 0 Å². The largest absolute Gasteiger partial charge is 0.493 e. The van der Waals surface area contributed by atoms with Gasteiger partial charge in [0.15, 0.2) is 5.78 Å². The van der Waals surface area contributed by atoms with Crippen molar-refractivity contribution in [2.24, 2.45) is 10.9 Å². The summed E-state index contributed by atoms with van der Waals surface area (Å²) in [6, 6.07) is 12.8. The minimum absolute atomic E-state index is 0.0568. The summed E-state index contributed by atoms with van der Waals surface area (Å²) in [5.41, 5.74) is 1.33. The SMILES string of the molecule is CC(COc1ccc(C(=O)c2ccc(N=C=O)cc2)cc1)C(=O)NCCS(C)(=O)=O. The maximum absolute atomic E-state index is 12.5. The van der Waals surface area contributed by atoms with Gasteiger partial charge in [-0.25, -0.2) is 13.2 Å². The van der Waals surface area contributed by atoms with E-state index in [1.54, 1.807) is 55.5 Å². The van der Waals surface area contributed by atoms with Crippen LogP contribution in [0.5, 0.6) is 5.75 Å². The Labute approximate surface area is 174 Å². The highest BCUT2D eigenvalue weighted by Crippen LogP contribution is 2.18. The summed E-state index contributed by atoms with van der Waals surface area (Å²) in [4.78, 5) is 38.2. The van der Waals surface area contributed by atoms with Crippen molar-refractivity contribution < 1.29 is 27.5 Å². The molecule has 0 aliphatic rings. The zero-order valence-corrected chi connectivity index (χ0v) is 17.4. The van der Waals surface area contributed by atoms with Crippen molar-refractivity contribution in [1.29, 1.82) is 0 Å². The number of amides is 1. The Kier molecular flexibility index (Phi) is 8.03. The summed E-state index contributed by atoms with van der Waals surface area (Å²) in [7, 11) is -3.13. The molecule has 9 heteroatoms. The van der Waals surface area contributed by atoms with Crippen LogP contribution in [-0.4, -0.2) is 51.3 Å². The number of hydrogen-bond acceptors (Lipinski definition) is 7. The maximum atomic E-state index is 12.5. The van der Waals surface area contributed by atoms with Gasteiger partial charge in [0.25, 0.3) is 0 Å². The second kappa shape index (κ2) is 10.5. The van der Waals surface area contributed by atoms with Crippen LogP contribution in [0.1, 0.15) is 22.8 Å². The predicted octanol–water partition coefficient (Wildman–Crippen LogP) is 2.06. The maximum Gasteiger partial charge on any atom is 0.240 e. The highest BCUT2D eigenvalue weighted by atomic mass is 32.2. The molecule has 0 saturated heterocycles. The normalized spacial score (nSPS) is 11.8. The van der Waals surface area contributed by atoms with Gasteiger partial charge < -0.3 is 10.1 Å². The monoisotopic (exact) mass is 430 g/mol. The first-order valence-electron chi connectivity index (χ1n) is 9.10. The molecule has 158 valence electrons. The number of ketones is 1. The molecule has 0 aliphatic heterocycles. The third-order valence-corrected chi connectivity index (χ3v) is 5.09. The van der Waals surface area contributed by atoms with E-state index < -0.39 is 15.8 Å². The number of hydrogen-bond donors (Lipinski definition) is 1. The zero-order valence-electron chi connectivity index (χ0n) is 16.6. The lowest BCUT2D eigenvalue weighted by Gasteiger charge is -2.13. The van der Waals surface area contributed by atoms with E-state index >= 15 is 0 Å². The number of isocyanates is 1. The minimum atomic E-state index is -3.13. The van der Waals surface area contributed by atoms with Crippen LogP contribution in [0.3, 0.4) is 0 Å². The standard InChI is InChI=1S/C21H22N2O6S/c1-15(21(26)22-11-12-30(2,27)28)13-29-19-9-5-17(6-10-19)20(25)16-3-7-18(8-4-16)23-14-24/h3-10,15H,11-13H2,1-2H3,(H,22,26). The van der Waals surface area contributed by atoms with Crippen molar-refractivity contribution in [2.45, 2.75) is 6.92 Å². The van der Waals surface area contributed by atoms with Gasteiger partial charge >= 0.3 is 0 Å². The van der Waals surface area contributed by atoms with E-state index in [1.807, 2.05) is 0 Å². The Bertz CT molecular complexity index is 1040. The zero-order chi connectivity index (χ0) is 22.1. The summed E-state index contributed by atoms with van der Waals surface area (Å²) < 4.78 is 27.7. The number of aliphatic imine (C=N–C) groups is 1. The number of ether oxygens (including phenoxy) is 1. The van der Waals surface area contributed by atoms with Gasteiger partial charge in [0, 0.05) is 23.9 Å². The van der Waals surface area contributed by atoms with Gasteiger partial charge in [-0.1, -0.05) is 6.92 Å². The van der Waals surface area contributed by atoms with Crippen molar-refractivity contribution >= 4 is 33.3 Å². The van der Waals surface area contributed by atoms with Gasteiger partial charge in [-0.05, 0) is 48.5 Å². The van der Waals surface area contributed by atoms with E-state index in [2.05, 4.69) is 10.3 Å². The van der Waals surface area contributed by atoms with Crippen molar-refractivity contribution in [3.8, 4) is 5.75 Å². The van der Waals surface area contributed by atoms with Gasteiger partial charge in [-0.3, -0.25) is 9.59 Å². The molecule has 1 atom stereocenters. The fourth-order valence-electron chi connectivity index (χ4n) is 2.44. The highest BCUT2D eigenvalue weighted by molar-refractivity contribution is 7.90. The second-order valence-corrected chi connectivity index (χ2v) is 9.00. The van der Waals surface area contributed by atoms with E-state index in [0.717, 1.165) is 6.26 Å². The highest BCUT2D eigenvalue weighted by Gasteiger charge is 2.15. The Morgan fingerprint density at radius 3 is 2.17 bits per heavy atom. The molecule has 0 radical (unpaired) electrons. The van der Waals surface area contributed by atoms with Gasteiger partial charge in [0.05, 0.1) is 24.0 Å². The first-order valence-corrected chi connectivity index (χ1v) is 11.2. The van der Waals surface area contributed by atoms with Crippen LogP contribution >= 0.6 is 0 Å². The average Bonchev–Trinajstić information content (AvgIpc) is 2.71. The fraction of sp³-hybridized carbons (Fsp3) is 0.286. The predicted molar refractivity (Wildman–Crippen MR) is 111 cm³/mol. The molecule has 1 N–H and O–H groups in total. The van der Waals surface area contributed by atoms with Crippen molar-refractivity contribution in [3.05, 3.63) is 59.7 Å². The number of nitrogens with zero attached hydrogens (tertiary/aromatic N) is 1. The number of sulfone groups is 1. The van der Waals surface area contributed by atoms with Crippen LogP contribution in [-0.2, 0) is 19.4 Å². The number of carbonyl (C=O) groups is 2. The first kappa shape index (κ1) is 23.0. The smallest absolute Gasteiger partial charge is 0.240 e. The molecule has 2 rings (SSSR count). The molecular formula is C21H22N2O6S. The molecule has 0 heterocycles. The molecule has 0 fully saturated rings. The fourth-order valence-corrected chi connectivity index (χ4v) is 2.91. The van der Waals surface area contributed by atoms with Crippen LogP contribution in [0.4, 0.5) is 5.69 Å². The minimum Gasteiger partial charge on any atom is -0.493 e. The summed E-state index contributed by atoms with van der Waals surface area (Å²) in [5.74, 6) is -0.583. The Balaban J connectivity index is 1.88. The number of rotatable bonds is 10. The Morgan fingerprint density at radius 1 is 1.07 bits per heavy atom. The molecule has 8 nitrogen and oxygen atoms in total. The van der Waals surface area contributed by atoms with Crippen molar-refractivity contribution in [1.82, 2.24) is 5.32 Å². The lowest BCUT2D eigenvalue weighted by atomic mass is 10.0. The van der Waals surface area contributed by atoms with E-state index in [4.69, 9.17) is 4.74 Å². The molecular weight excluding hydrogens is 408 g/mol. The lowest BCUT2D eigenvalue weighted by molar-refractivity contribution is -0.125. The Morgan fingerprint density at radius 2 is 1.63 bits per heavy atom. The molecule has 0 aromatic heterocycles. The molecule has 0 bridgehead atoms. The summed E-state index contributed by atoms with van der Waals surface area (Å²) in [6.07, 6.45) is 2.55. The van der Waals surface area contributed by atoms with E-state index in [9.17, 15) is 22.8 Å². The molecule has 0 saturated carbocycles. The molecule has 1 amide bonds. The van der Waals surface area contributed by atoms with Gasteiger partial charge in [-0.2, -0.15) is 4.99 Å². The van der Waals surface area contributed by atoms with Crippen LogP contribution in [0.25, 0.3) is 0 Å². The third kappa shape index (κ3) is 7.27. The van der Waals surface area contributed by atoms with Gasteiger partial charge in [-0.15, -0.1) is 0 Å². The van der Waals surface area contributed by atoms with Crippen LogP contribution in [0, 0.1) is 5.92 Å². The quantitative estimate of drug-likeness (QED) is 0.350. The van der Waals surface area contributed by atoms with Gasteiger partial charge in [0.2, 0.25) is 12.0 Å². The first-order chi connectivity index (χ1) is 14.2. The summed E-state index contributed by atoms with van der Waals surface area (Å²) >= 11 is 0. The van der Waals surface area contributed by atoms with Crippen molar-refractivity contribution in [3.63, 3.8) is 0 Å². The van der Waals surface area contributed by atoms with Crippen LogP contribution < -0.4 is 10.1 Å². The number of benzene rings is 2. The lowest BCUT2D eigenvalue weighted by Crippen LogP contribution is -2.35. The number of carbonyl (C=O) groups excluding carboxylic acids is 3. The van der Waals surface area contributed by atoms with E-state index in [1.165, 1.54) is 6.08 Å². The second-order valence-electron chi connectivity index (χ2n) is 6.74. The molecule has 2 aromatic rings. The molecule has 0 aliphatic carbocycles. The van der Waals surface area contributed by atoms with E-state index in [-0.39, 0.29) is 30.6 Å². The average molecular weight is 430 g/mol. The summed E-state index contributed by atoms with van der Waals surface area (Å²) in [5, 5.41) is 2.56. The van der Waals surface area contributed by atoms with Crippen molar-refractivity contribution in [2.75, 3.05) is 25.2 Å². The molecule has 1 unspecified atom stereocenters.